The van der Waals surface area contributed by atoms with Crippen molar-refractivity contribution in [3.8, 4) is 0 Å². The Hall–Kier alpha value is -1.26. The zero-order chi connectivity index (χ0) is 14.0. The third-order valence-electron chi connectivity index (χ3n) is 4.26. The molecule has 0 spiro atoms. The van der Waals surface area contributed by atoms with Crippen LogP contribution in [0.2, 0.25) is 0 Å². The van der Waals surface area contributed by atoms with Crippen LogP contribution in [0.15, 0.2) is 0 Å². The molecule has 5 heteroatoms. The number of unbranched alkanes of at least 4 members (excludes halogenated alkanes) is 1. The lowest BCUT2D eigenvalue weighted by atomic mass is 9.87. The van der Waals surface area contributed by atoms with Gasteiger partial charge in [0.1, 0.15) is 0 Å². The smallest absolute Gasteiger partial charge is 0.320 e. The number of nitrogens with zero attached hydrogens (tertiary/aromatic N) is 2. The maximum atomic E-state index is 12.4. The molecular weight excluding hydrogens is 244 g/mol. The minimum atomic E-state index is -0.762. The molecule has 1 heterocycles. The Balaban J connectivity index is 1.82. The van der Waals surface area contributed by atoms with Gasteiger partial charge in [-0.05, 0) is 19.3 Å². The fourth-order valence-electron chi connectivity index (χ4n) is 2.52. The van der Waals surface area contributed by atoms with Gasteiger partial charge >= 0.3 is 12.0 Å². The van der Waals surface area contributed by atoms with Gasteiger partial charge in [-0.1, -0.05) is 20.3 Å². The minimum absolute atomic E-state index is 0.116. The van der Waals surface area contributed by atoms with Crippen LogP contribution in [0, 0.1) is 11.8 Å². The van der Waals surface area contributed by atoms with Gasteiger partial charge in [-0.15, -0.1) is 0 Å². The lowest BCUT2D eigenvalue weighted by Crippen LogP contribution is -2.57. The van der Waals surface area contributed by atoms with E-state index in [-0.39, 0.29) is 17.9 Å². The van der Waals surface area contributed by atoms with E-state index in [1.54, 1.807) is 11.8 Å². The normalized spacial score (nSPS) is 20.8. The van der Waals surface area contributed by atoms with E-state index >= 15 is 0 Å². The van der Waals surface area contributed by atoms with Gasteiger partial charge < -0.3 is 14.9 Å². The van der Waals surface area contributed by atoms with Crippen molar-refractivity contribution < 1.29 is 14.7 Å². The third kappa shape index (κ3) is 3.19. The molecule has 2 fully saturated rings. The maximum absolute atomic E-state index is 12.4. The number of hydrogen-bond donors (Lipinski definition) is 1. The second-order valence-electron chi connectivity index (χ2n) is 5.85. The predicted molar refractivity (Wildman–Crippen MR) is 71.9 cm³/mol. The largest absolute Gasteiger partial charge is 0.481 e. The Morgan fingerprint density at radius 2 is 2.00 bits per heavy atom. The van der Waals surface area contributed by atoms with Crippen LogP contribution in [0.25, 0.3) is 0 Å². The zero-order valence-corrected chi connectivity index (χ0v) is 11.8. The first-order valence-corrected chi connectivity index (χ1v) is 7.33. The Kier molecular flexibility index (Phi) is 4.32. The number of aliphatic carboxylic acids is 1. The number of amides is 2. The van der Waals surface area contributed by atoms with E-state index in [1.165, 1.54) is 0 Å². The molecule has 1 unspecified atom stereocenters. The van der Waals surface area contributed by atoms with Crippen LogP contribution in [0.5, 0.6) is 0 Å². The average molecular weight is 268 g/mol. The van der Waals surface area contributed by atoms with Gasteiger partial charge in [0.05, 0.1) is 5.92 Å². The Morgan fingerprint density at radius 1 is 1.37 bits per heavy atom. The molecule has 19 heavy (non-hydrogen) atoms. The van der Waals surface area contributed by atoms with E-state index in [9.17, 15) is 9.59 Å². The van der Waals surface area contributed by atoms with E-state index < -0.39 is 5.97 Å². The highest BCUT2D eigenvalue weighted by molar-refractivity contribution is 5.77. The average Bonchev–Trinajstić information content (AvgIpc) is 3.11. The molecule has 1 saturated carbocycles. The first-order valence-electron chi connectivity index (χ1n) is 7.33. The summed E-state index contributed by atoms with van der Waals surface area (Å²) in [5, 5.41) is 8.95. The summed E-state index contributed by atoms with van der Waals surface area (Å²) in [5.41, 5.74) is 0. The summed E-state index contributed by atoms with van der Waals surface area (Å²) in [7, 11) is 0. The molecule has 2 aliphatic rings. The number of likely N-dealkylation sites (tertiary alicyclic amines) is 1. The number of urea groups is 1. The number of carboxylic acid groups (broad SMARTS) is 1. The molecule has 0 radical (unpaired) electrons. The van der Waals surface area contributed by atoms with Gasteiger partial charge in [0.2, 0.25) is 0 Å². The van der Waals surface area contributed by atoms with Gasteiger partial charge in [-0.2, -0.15) is 0 Å². The van der Waals surface area contributed by atoms with Crippen LogP contribution in [0.1, 0.15) is 39.5 Å². The van der Waals surface area contributed by atoms with E-state index in [4.69, 9.17) is 5.11 Å². The third-order valence-corrected chi connectivity index (χ3v) is 4.26. The molecule has 0 aromatic rings. The van der Waals surface area contributed by atoms with Gasteiger partial charge in [-0.25, -0.2) is 4.79 Å². The second kappa shape index (κ2) is 5.80. The summed E-state index contributed by atoms with van der Waals surface area (Å²) in [5.74, 6) is -0.995. The molecule has 2 amide bonds. The van der Waals surface area contributed by atoms with Crippen molar-refractivity contribution >= 4 is 12.0 Å². The predicted octanol–water partition coefficient (Wildman–Crippen LogP) is 2.02. The van der Waals surface area contributed by atoms with Crippen LogP contribution in [0.3, 0.4) is 0 Å². The van der Waals surface area contributed by atoms with E-state index in [2.05, 4.69) is 6.92 Å². The number of carbonyl (C=O) groups excluding carboxylic acids is 1. The number of rotatable bonds is 6. The maximum Gasteiger partial charge on any atom is 0.320 e. The zero-order valence-electron chi connectivity index (χ0n) is 11.8. The summed E-state index contributed by atoms with van der Waals surface area (Å²) in [6.45, 7) is 5.90. The SMILES string of the molecule is CCCCN(C(=O)N1CC(C(C)C(=O)O)C1)C1CC1. The monoisotopic (exact) mass is 268 g/mol. The molecule has 1 N–H and O–H groups in total. The van der Waals surface area contributed by atoms with Crippen LogP contribution in [-0.2, 0) is 4.79 Å². The molecule has 1 atom stereocenters. The number of hydrogen-bond acceptors (Lipinski definition) is 2. The fraction of sp³-hybridized carbons (Fsp3) is 0.857. The highest BCUT2D eigenvalue weighted by Crippen LogP contribution is 2.31. The second-order valence-corrected chi connectivity index (χ2v) is 5.85. The summed E-state index contributed by atoms with van der Waals surface area (Å²) >= 11 is 0. The fourth-order valence-corrected chi connectivity index (χ4v) is 2.52. The van der Waals surface area contributed by atoms with Crippen molar-refractivity contribution in [2.24, 2.45) is 11.8 Å². The summed E-state index contributed by atoms with van der Waals surface area (Å²) in [6.07, 6.45) is 4.39. The lowest BCUT2D eigenvalue weighted by molar-refractivity contribution is -0.144. The van der Waals surface area contributed by atoms with Crippen LogP contribution >= 0.6 is 0 Å². The van der Waals surface area contributed by atoms with Crippen molar-refractivity contribution in [1.29, 1.82) is 0 Å². The van der Waals surface area contributed by atoms with Gasteiger partial charge in [0, 0.05) is 31.6 Å². The lowest BCUT2D eigenvalue weighted by Gasteiger charge is -2.43. The van der Waals surface area contributed by atoms with Gasteiger partial charge in [0.25, 0.3) is 0 Å². The summed E-state index contributed by atoms with van der Waals surface area (Å²) < 4.78 is 0. The highest BCUT2D eigenvalue weighted by atomic mass is 16.4. The summed E-state index contributed by atoms with van der Waals surface area (Å²) in [4.78, 5) is 27.0. The first-order chi connectivity index (χ1) is 9.04. The van der Waals surface area contributed by atoms with Crippen molar-refractivity contribution in [2.75, 3.05) is 19.6 Å². The molecule has 0 aromatic carbocycles. The number of carbonyl (C=O) groups is 2. The van der Waals surface area contributed by atoms with Crippen LogP contribution in [-0.4, -0.2) is 52.6 Å². The molecule has 0 bridgehead atoms. The van der Waals surface area contributed by atoms with Crippen molar-refractivity contribution in [3.63, 3.8) is 0 Å². The molecule has 2 rings (SSSR count). The van der Waals surface area contributed by atoms with Crippen molar-refractivity contribution in [2.45, 2.75) is 45.6 Å². The first kappa shape index (κ1) is 14.2. The quantitative estimate of drug-likeness (QED) is 0.801. The van der Waals surface area contributed by atoms with Gasteiger partial charge in [-0.3, -0.25) is 4.79 Å². The van der Waals surface area contributed by atoms with Gasteiger partial charge in [0.15, 0.2) is 0 Å². The summed E-state index contributed by atoms with van der Waals surface area (Å²) in [6, 6.07) is 0.555. The molecule has 1 aliphatic heterocycles. The molecule has 1 saturated heterocycles. The Morgan fingerprint density at radius 3 is 2.47 bits per heavy atom. The van der Waals surface area contributed by atoms with Crippen molar-refractivity contribution in [3.05, 3.63) is 0 Å². The Labute approximate surface area is 114 Å². The van der Waals surface area contributed by atoms with Crippen LogP contribution in [0.4, 0.5) is 4.79 Å². The topological polar surface area (TPSA) is 60.9 Å². The Bertz CT molecular complexity index is 349. The van der Waals surface area contributed by atoms with Crippen molar-refractivity contribution in [1.82, 2.24) is 9.80 Å². The molecule has 0 aromatic heterocycles. The highest BCUT2D eigenvalue weighted by Gasteiger charge is 2.41. The molecule has 5 nitrogen and oxygen atoms in total. The standard InChI is InChI=1S/C14H24N2O3/c1-3-4-7-16(12-5-6-12)14(19)15-8-11(9-15)10(2)13(17)18/h10-12H,3-9H2,1-2H3,(H,17,18). The number of carboxylic acids is 1. The van der Waals surface area contributed by atoms with E-state index in [0.29, 0.717) is 19.1 Å². The van der Waals surface area contributed by atoms with Crippen LogP contribution < -0.4 is 0 Å². The molecular formula is C14H24N2O3. The van der Waals surface area contributed by atoms with E-state index in [0.717, 1.165) is 32.2 Å². The molecule has 1 aliphatic carbocycles. The van der Waals surface area contributed by atoms with E-state index in [1.807, 2.05) is 4.90 Å². The molecule has 108 valence electrons. The minimum Gasteiger partial charge on any atom is -0.481 e.